The number of hydrogen-bond donors (Lipinski definition) is 1. The zero-order valence-electron chi connectivity index (χ0n) is 10.3. The van der Waals surface area contributed by atoms with Gasteiger partial charge in [0.2, 0.25) is 0 Å². The quantitative estimate of drug-likeness (QED) is 0.831. The summed E-state index contributed by atoms with van der Waals surface area (Å²) in [4.78, 5) is 4.37. The smallest absolute Gasteiger partial charge is 0.124 e. The average molecular weight is 322 g/mol. The van der Waals surface area contributed by atoms with Crippen LogP contribution < -0.4 is 0 Å². The molecule has 0 aliphatic heterocycles. The summed E-state index contributed by atoms with van der Waals surface area (Å²) in [6, 6.07) is 11.3. The summed E-state index contributed by atoms with van der Waals surface area (Å²) >= 11 is 3.34. The Hall–Kier alpha value is -1.68. The first-order chi connectivity index (χ1) is 9.06. The summed E-state index contributed by atoms with van der Waals surface area (Å²) in [6.45, 7) is 1.92. The lowest BCUT2D eigenvalue weighted by Gasteiger charge is -2.06. The van der Waals surface area contributed by atoms with Crippen LogP contribution in [0.2, 0.25) is 0 Å². The number of benzene rings is 2. The van der Waals surface area contributed by atoms with Crippen LogP contribution in [0.4, 0.5) is 4.39 Å². The van der Waals surface area contributed by atoms with E-state index in [2.05, 4.69) is 20.9 Å². The first kappa shape index (κ1) is 13.7. The van der Waals surface area contributed by atoms with Crippen LogP contribution >= 0.6 is 15.9 Å². The van der Waals surface area contributed by atoms with Gasteiger partial charge in [0, 0.05) is 16.3 Å². The summed E-state index contributed by atoms with van der Waals surface area (Å²) in [5.41, 5.74) is 1.57. The van der Waals surface area contributed by atoms with Gasteiger partial charge in [-0.1, -0.05) is 28.1 Å². The van der Waals surface area contributed by atoms with Gasteiger partial charge in [0.15, 0.2) is 0 Å². The number of phenols is 1. The van der Waals surface area contributed by atoms with Gasteiger partial charge in [-0.2, -0.15) is 0 Å². The van der Waals surface area contributed by atoms with Crippen molar-refractivity contribution in [1.82, 2.24) is 0 Å². The molecule has 0 fully saturated rings. The van der Waals surface area contributed by atoms with E-state index < -0.39 is 0 Å². The van der Waals surface area contributed by atoms with Crippen molar-refractivity contribution >= 4 is 22.1 Å². The molecule has 0 aromatic heterocycles. The van der Waals surface area contributed by atoms with Crippen LogP contribution in [-0.4, -0.2) is 11.3 Å². The van der Waals surface area contributed by atoms with Crippen molar-refractivity contribution < 1.29 is 9.50 Å². The standard InChI is InChI=1S/C15H13BrFNO/c1-10(11-2-5-14(17)6-3-11)18-9-12-8-13(16)4-7-15(12)19/h2-10,19H,1H3. The average Bonchev–Trinajstić information content (AvgIpc) is 2.40. The molecule has 19 heavy (non-hydrogen) atoms. The number of aliphatic imine (C=N–C) groups is 1. The summed E-state index contributed by atoms with van der Waals surface area (Å²) in [5, 5.41) is 9.69. The molecule has 2 aromatic carbocycles. The second-order valence-electron chi connectivity index (χ2n) is 4.21. The Morgan fingerprint density at radius 2 is 1.89 bits per heavy atom. The molecule has 1 unspecified atom stereocenters. The predicted molar refractivity (Wildman–Crippen MR) is 78.2 cm³/mol. The maximum atomic E-state index is 12.8. The molecule has 98 valence electrons. The van der Waals surface area contributed by atoms with E-state index in [1.54, 1.807) is 36.5 Å². The molecule has 0 radical (unpaired) electrons. The third-order valence-corrected chi connectivity index (χ3v) is 3.27. The molecule has 4 heteroatoms. The van der Waals surface area contributed by atoms with E-state index in [0.717, 1.165) is 10.0 Å². The number of halogens is 2. The van der Waals surface area contributed by atoms with E-state index in [4.69, 9.17) is 0 Å². The van der Waals surface area contributed by atoms with Gasteiger partial charge >= 0.3 is 0 Å². The molecule has 2 aromatic rings. The van der Waals surface area contributed by atoms with Crippen LogP contribution in [0.5, 0.6) is 5.75 Å². The van der Waals surface area contributed by atoms with Crippen LogP contribution in [-0.2, 0) is 0 Å². The van der Waals surface area contributed by atoms with Crippen LogP contribution in [0.25, 0.3) is 0 Å². The minimum Gasteiger partial charge on any atom is -0.507 e. The second kappa shape index (κ2) is 5.97. The van der Waals surface area contributed by atoms with Crippen molar-refractivity contribution in [2.45, 2.75) is 13.0 Å². The predicted octanol–water partition coefficient (Wildman–Crippen LogP) is 4.47. The maximum absolute atomic E-state index is 12.8. The molecule has 1 N–H and O–H groups in total. The second-order valence-corrected chi connectivity index (χ2v) is 5.12. The highest BCUT2D eigenvalue weighted by Crippen LogP contribution is 2.22. The molecule has 0 aliphatic rings. The van der Waals surface area contributed by atoms with E-state index in [0.29, 0.717) is 5.56 Å². The first-order valence-corrected chi connectivity index (χ1v) is 6.63. The highest BCUT2D eigenvalue weighted by molar-refractivity contribution is 9.10. The number of aromatic hydroxyl groups is 1. The SMILES string of the molecule is CC(N=Cc1cc(Br)ccc1O)c1ccc(F)cc1. The minimum atomic E-state index is -0.260. The summed E-state index contributed by atoms with van der Waals surface area (Å²) in [7, 11) is 0. The molecule has 0 heterocycles. The van der Waals surface area contributed by atoms with Crippen LogP contribution in [0.1, 0.15) is 24.1 Å². The van der Waals surface area contributed by atoms with Gasteiger partial charge in [0.25, 0.3) is 0 Å². The molecule has 2 rings (SSSR count). The van der Waals surface area contributed by atoms with Crippen molar-refractivity contribution in [3.63, 3.8) is 0 Å². The topological polar surface area (TPSA) is 32.6 Å². The minimum absolute atomic E-state index is 0.0982. The third kappa shape index (κ3) is 3.64. The molecule has 0 saturated heterocycles. The summed E-state index contributed by atoms with van der Waals surface area (Å²) in [6.07, 6.45) is 1.62. The fourth-order valence-electron chi connectivity index (χ4n) is 1.65. The lowest BCUT2D eigenvalue weighted by atomic mass is 10.1. The van der Waals surface area contributed by atoms with Crippen LogP contribution in [0.3, 0.4) is 0 Å². The monoisotopic (exact) mass is 321 g/mol. The third-order valence-electron chi connectivity index (χ3n) is 2.78. The van der Waals surface area contributed by atoms with Gasteiger partial charge in [-0.05, 0) is 42.8 Å². The van der Waals surface area contributed by atoms with Gasteiger partial charge < -0.3 is 5.11 Å². The fourth-order valence-corrected chi connectivity index (χ4v) is 2.03. The van der Waals surface area contributed by atoms with E-state index in [9.17, 15) is 9.50 Å². The van der Waals surface area contributed by atoms with E-state index >= 15 is 0 Å². The molecule has 0 amide bonds. The first-order valence-electron chi connectivity index (χ1n) is 5.83. The van der Waals surface area contributed by atoms with Gasteiger partial charge in [-0.25, -0.2) is 4.39 Å². The fraction of sp³-hybridized carbons (Fsp3) is 0.133. The molecule has 0 saturated carbocycles. The lowest BCUT2D eigenvalue weighted by Crippen LogP contribution is -1.92. The number of phenolic OH excluding ortho intramolecular Hbond substituents is 1. The Morgan fingerprint density at radius 1 is 1.21 bits per heavy atom. The van der Waals surface area contributed by atoms with E-state index in [1.165, 1.54) is 12.1 Å². The number of rotatable bonds is 3. The maximum Gasteiger partial charge on any atom is 0.124 e. The van der Waals surface area contributed by atoms with Crippen molar-refractivity contribution in [2.75, 3.05) is 0 Å². The van der Waals surface area contributed by atoms with E-state index in [1.807, 2.05) is 6.92 Å². The van der Waals surface area contributed by atoms with E-state index in [-0.39, 0.29) is 17.6 Å². The summed E-state index contributed by atoms with van der Waals surface area (Å²) < 4.78 is 13.7. The number of hydrogen-bond acceptors (Lipinski definition) is 2. The molecule has 1 atom stereocenters. The molecular formula is C15H13BrFNO. The number of nitrogens with zero attached hydrogens (tertiary/aromatic N) is 1. The lowest BCUT2D eigenvalue weighted by molar-refractivity contribution is 0.474. The van der Waals surface area contributed by atoms with Crippen molar-refractivity contribution in [3.8, 4) is 5.75 Å². The molecule has 0 bridgehead atoms. The largest absolute Gasteiger partial charge is 0.507 e. The Kier molecular flexibility index (Phi) is 4.32. The zero-order chi connectivity index (χ0) is 13.8. The van der Waals surface area contributed by atoms with Gasteiger partial charge in [-0.3, -0.25) is 4.99 Å². The Balaban J connectivity index is 2.18. The highest BCUT2D eigenvalue weighted by Gasteiger charge is 2.04. The van der Waals surface area contributed by atoms with Gasteiger partial charge in [0.1, 0.15) is 11.6 Å². The Bertz CT molecular complexity index is 596. The van der Waals surface area contributed by atoms with Gasteiger partial charge in [-0.15, -0.1) is 0 Å². The zero-order valence-corrected chi connectivity index (χ0v) is 11.9. The normalized spacial score (nSPS) is 12.8. The molecule has 0 spiro atoms. The molecule has 0 aliphatic carbocycles. The van der Waals surface area contributed by atoms with Gasteiger partial charge in [0.05, 0.1) is 6.04 Å². The van der Waals surface area contributed by atoms with Crippen LogP contribution in [0.15, 0.2) is 51.9 Å². The van der Waals surface area contributed by atoms with Crippen molar-refractivity contribution in [3.05, 3.63) is 63.9 Å². The van der Waals surface area contributed by atoms with Crippen LogP contribution in [0, 0.1) is 5.82 Å². The highest BCUT2D eigenvalue weighted by atomic mass is 79.9. The molecule has 2 nitrogen and oxygen atoms in total. The Morgan fingerprint density at radius 3 is 2.58 bits per heavy atom. The van der Waals surface area contributed by atoms with Crippen molar-refractivity contribution in [1.29, 1.82) is 0 Å². The van der Waals surface area contributed by atoms with Crippen molar-refractivity contribution in [2.24, 2.45) is 4.99 Å². The summed E-state index contributed by atoms with van der Waals surface area (Å²) in [5.74, 6) is -0.0807. The molecular weight excluding hydrogens is 309 g/mol. The Labute approximate surface area is 119 Å².